The van der Waals surface area contributed by atoms with Gasteiger partial charge in [-0.3, -0.25) is 9.59 Å². The number of hydrogen-bond donors (Lipinski definition) is 7. The van der Waals surface area contributed by atoms with E-state index in [4.69, 9.17) is 27.7 Å². The van der Waals surface area contributed by atoms with Gasteiger partial charge >= 0.3 is 6.09 Å². The molecule has 0 fully saturated rings. The molecule has 182 valence electrons. The van der Waals surface area contributed by atoms with E-state index in [1.165, 1.54) is 0 Å². The molecule has 0 rings (SSSR count). The lowest BCUT2D eigenvalue weighted by molar-refractivity contribution is -0.129. The van der Waals surface area contributed by atoms with Crippen molar-refractivity contribution in [3.05, 3.63) is 0 Å². The minimum absolute atomic E-state index is 0.0283. The number of carbonyl (C=O) groups excluding carboxylic acids is 3. The Hall–Kier alpha value is -1.95. The molecular formula is C20H43N7O4. The van der Waals surface area contributed by atoms with Gasteiger partial charge in [0.05, 0.1) is 12.6 Å². The van der Waals surface area contributed by atoms with E-state index in [1.54, 1.807) is 0 Å². The monoisotopic (exact) mass is 445 g/mol. The van der Waals surface area contributed by atoms with E-state index >= 15 is 0 Å². The van der Waals surface area contributed by atoms with Crippen LogP contribution >= 0.6 is 0 Å². The molecular weight excluding hydrogens is 402 g/mol. The number of unbranched alkanes of at least 4 members (excludes halogenated alkanes) is 4. The van der Waals surface area contributed by atoms with E-state index in [0.717, 1.165) is 38.5 Å². The van der Waals surface area contributed by atoms with Crippen molar-refractivity contribution in [2.75, 3.05) is 39.3 Å². The quantitative estimate of drug-likeness (QED) is 0.116. The average molecular weight is 446 g/mol. The molecule has 0 aliphatic rings. The van der Waals surface area contributed by atoms with Crippen molar-refractivity contribution in [2.45, 2.75) is 69.9 Å². The first-order valence-corrected chi connectivity index (χ1v) is 11.3. The normalized spacial score (nSPS) is 12.7. The van der Waals surface area contributed by atoms with Crippen LogP contribution in [0.25, 0.3) is 0 Å². The number of primary amides is 1. The predicted molar refractivity (Wildman–Crippen MR) is 121 cm³/mol. The van der Waals surface area contributed by atoms with Crippen molar-refractivity contribution >= 4 is 17.9 Å². The highest BCUT2D eigenvalue weighted by Gasteiger charge is 2.23. The van der Waals surface area contributed by atoms with Gasteiger partial charge in [-0.25, -0.2) is 4.79 Å². The number of hydrogen-bond acceptors (Lipinski definition) is 8. The maximum absolute atomic E-state index is 12.8. The Labute approximate surface area is 185 Å². The molecule has 11 N–H and O–H groups in total. The Morgan fingerprint density at radius 3 is 2.00 bits per heavy atom. The molecule has 31 heavy (non-hydrogen) atoms. The summed E-state index contributed by atoms with van der Waals surface area (Å²) in [6.45, 7) is 2.53. The summed E-state index contributed by atoms with van der Waals surface area (Å²) in [4.78, 5) is 36.1. The van der Waals surface area contributed by atoms with E-state index in [2.05, 4.69) is 16.0 Å². The van der Waals surface area contributed by atoms with E-state index in [-0.39, 0.29) is 25.0 Å². The van der Waals surface area contributed by atoms with Crippen LogP contribution in [0.2, 0.25) is 0 Å². The van der Waals surface area contributed by atoms with Gasteiger partial charge in [0.15, 0.2) is 0 Å². The molecule has 0 heterocycles. The second-order valence-electron chi connectivity index (χ2n) is 7.55. The summed E-state index contributed by atoms with van der Waals surface area (Å²) in [5.74, 6) is -0.570. The second kappa shape index (κ2) is 20.0. The fourth-order valence-corrected chi connectivity index (χ4v) is 3.00. The highest BCUT2D eigenvalue weighted by molar-refractivity contribution is 5.88. The largest absolute Gasteiger partial charge is 0.448 e. The van der Waals surface area contributed by atoms with Crippen LogP contribution < -0.4 is 38.9 Å². The third-order valence-corrected chi connectivity index (χ3v) is 4.72. The van der Waals surface area contributed by atoms with Crippen LogP contribution in [0.4, 0.5) is 4.79 Å². The van der Waals surface area contributed by atoms with Crippen molar-refractivity contribution in [1.82, 2.24) is 16.0 Å². The fourth-order valence-electron chi connectivity index (χ4n) is 3.00. The van der Waals surface area contributed by atoms with Crippen LogP contribution in [-0.2, 0) is 14.3 Å². The topological polar surface area (TPSA) is 201 Å². The van der Waals surface area contributed by atoms with Crippen LogP contribution in [0.3, 0.4) is 0 Å². The molecule has 0 radical (unpaired) electrons. The maximum atomic E-state index is 12.8. The van der Waals surface area contributed by atoms with Crippen molar-refractivity contribution < 1.29 is 19.1 Å². The second-order valence-corrected chi connectivity index (χ2v) is 7.55. The third kappa shape index (κ3) is 17.4. The maximum Gasteiger partial charge on any atom is 0.404 e. The number of carbonyl (C=O) groups is 3. The summed E-state index contributed by atoms with van der Waals surface area (Å²) in [6.07, 6.45) is 6.08. The summed E-state index contributed by atoms with van der Waals surface area (Å²) in [6, 6.07) is -1.09. The fraction of sp³-hybridized carbons (Fsp3) is 0.850. The zero-order valence-electron chi connectivity index (χ0n) is 18.7. The minimum Gasteiger partial charge on any atom is -0.448 e. The Balaban J connectivity index is 4.71. The molecule has 0 aliphatic carbocycles. The standard InChI is InChI=1S/C20H43N7O4/c21-10-4-1-7-13-25-14-18(28)27-17(9-3-6-12-23)19(29)26-16(8-2-5-11-22)15-31-20(24)30/h16-17,25H,1-15,21-23H2,(H2,24,30)(H,26,29)(H,27,28)/t16-,17+/m1/s1. The van der Waals surface area contributed by atoms with Gasteiger partial charge in [-0.05, 0) is 71.1 Å². The van der Waals surface area contributed by atoms with Crippen molar-refractivity contribution in [2.24, 2.45) is 22.9 Å². The summed E-state index contributed by atoms with van der Waals surface area (Å²) in [5, 5.41) is 8.73. The Morgan fingerprint density at radius 2 is 1.39 bits per heavy atom. The Kier molecular flexibility index (Phi) is 18.7. The molecule has 3 amide bonds. The zero-order chi connectivity index (χ0) is 23.3. The lowest BCUT2D eigenvalue weighted by atomic mass is 10.1. The summed E-state index contributed by atoms with van der Waals surface area (Å²) < 4.78 is 4.86. The first kappa shape index (κ1) is 29.1. The molecule has 0 aliphatic heterocycles. The minimum atomic E-state index is -0.900. The van der Waals surface area contributed by atoms with E-state index < -0.39 is 18.2 Å². The first-order valence-electron chi connectivity index (χ1n) is 11.3. The smallest absolute Gasteiger partial charge is 0.404 e. The van der Waals surface area contributed by atoms with Gasteiger partial charge in [0.1, 0.15) is 12.6 Å². The molecule has 0 aromatic rings. The molecule has 0 spiro atoms. The molecule has 0 bridgehead atoms. The molecule has 0 aromatic heterocycles. The van der Waals surface area contributed by atoms with E-state index in [1.807, 2.05) is 0 Å². The van der Waals surface area contributed by atoms with Crippen LogP contribution in [0.15, 0.2) is 0 Å². The molecule has 11 nitrogen and oxygen atoms in total. The van der Waals surface area contributed by atoms with Crippen LogP contribution in [0.1, 0.15) is 57.8 Å². The number of rotatable bonds is 20. The molecule has 2 atom stereocenters. The lowest BCUT2D eigenvalue weighted by Gasteiger charge is -2.23. The number of nitrogens with two attached hydrogens (primary N) is 4. The molecule has 11 heteroatoms. The number of amides is 3. The molecule has 0 aromatic carbocycles. The van der Waals surface area contributed by atoms with Gasteiger partial charge in [0.25, 0.3) is 0 Å². The van der Waals surface area contributed by atoms with Gasteiger partial charge in [0, 0.05) is 0 Å². The lowest BCUT2D eigenvalue weighted by Crippen LogP contribution is -2.52. The van der Waals surface area contributed by atoms with Crippen LogP contribution in [0.5, 0.6) is 0 Å². The van der Waals surface area contributed by atoms with Crippen LogP contribution in [0, 0.1) is 0 Å². The first-order chi connectivity index (χ1) is 14.9. The van der Waals surface area contributed by atoms with Gasteiger partial charge < -0.3 is 43.6 Å². The summed E-state index contributed by atoms with van der Waals surface area (Å²) >= 11 is 0. The average Bonchev–Trinajstić information content (AvgIpc) is 2.73. The van der Waals surface area contributed by atoms with Crippen LogP contribution in [-0.4, -0.2) is 69.3 Å². The van der Waals surface area contributed by atoms with Gasteiger partial charge in [-0.1, -0.05) is 12.8 Å². The summed E-state index contributed by atoms with van der Waals surface area (Å²) in [5.41, 5.74) is 21.6. The zero-order valence-corrected chi connectivity index (χ0v) is 18.7. The number of ether oxygens (including phenoxy) is 1. The summed E-state index contributed by atoms with van der Waals surface area (Å²) in [7, 11) is 0. The van der Waals surface area contributed by atoms with Gasteiger partial charge in [0.2, 0.25) is 11.8 Å². The molecule has 0 saturated heterocycles. The van der Waals surface area contributed by atoms with E-state index in [0.29, 0.717) is 45.4 Å². The van der Waals surface area contributed by atoms with Gasteiger partial charge in [-0.2, -0.15) is 0 Å². The Bertz CT molecular complexity index is 494. The van der Waals surface area contributed by atoms with Crippen molar-refractivity contribution in [3.63, 3.8) is 0 Å². The molecule has 0 unspecified atom stereocenters. The van der Waals surface area contributed by atoms with Crippen molar-refractivity contribution in [1.29, 1.82) is 0 Å². The Morgan fingerprint density at radius 1 is 0.774 bits per heavy atom. The van der Waals surface area contributed by atoms with Gasteiger partial charge in [-0.15, -0.1) is 0 Å². The molecule has 0 saturated carbocycles. The highest BCUT2D eigenvalue weighted by Crippen LogP contribution is 2.05. The third-order valence-electron chi connectivity index (χ3n) is 4.72. The number of nitrogens with one attached hydrogen (secondary N) is 3. The predicted octanol–water partition coefficient (Wildman–Crippen LogP) is -0.972. The SMILES string of the molecule is NCCCCCNCC(=O)N[C@@H](CCCCN)C(=O)N[C@H](CCCCN)COC(N)=O. The highest BCUT2D eigenvalue weighted by atomic mass is 16.5. The van der Waals surface area contributed by atoms with E-state index in [9.17, 15) is 14.4 Å². The van der Waals surface area contributed by atoms with Crippen molar-refractivity contribution in [3.8, 4) is 0 Å².